The number of ketones is 1. The minimum absolute atomic E-state index is 0.00217. The van der Waals surface area contributed by atoms with E-state index >= 15 is 0 Å². The van der Waals surface area contributed by atoms with Crippen molar-refractivity contribution < 1.29 is 4.79 Å². The zero-order chi connectivity index (χ0) is 13.4. The molecule has 0 atom stereocenters. The van der Waals surface area contributed by atoms with Gasteiger partial charge in [-0.15, -0.1) is 0 Å². The van der Waals surface area contributed by atoms with Crippen LogP contribution in [0, 0.1) is 5.92 Å². The summed E-state index contributed by atoms with van der Waals surface area (Å²) in [6.07, 6.45) is 3.72. The first kappa shape index (κ1) is 12.1. The molecule has 96 valence electrons. The minimum atomic E-state index is 0.00217. The Labute approximate surface area is 113 Å². The van der Waals surface area contributed by atoms with Gasteiger partial charge >= 0.3 is 0 Å². The molecule has 1 aromatic heterocycles. The molecule has 0 N–H and O–H groups in total. The molecule has 0 unspecified atom stereocenters. The molecule has 1 saturated carbocycles. The van der Waals surface area contributed by atoms with E-state index in [1.807, 2.05) is 24.3 Å². The van der Waals surface area contributed by atoms with Gasteiger partial charge in [0.15, 0.2) is 5.78 Å². The van der Waals surface area contributed by atoms with Crippen LogP contribution in [0.15, 0.2) is 42.5 Å². The predicted octanol–water partition coefficient (Wildman–Crippen LogP) is 3.95. The number of hydrogen-bond donors (Lipinski definition) is 0. The van der Waals surface area contributed by atoms with Crippen LogP contribution in [0.5, 0.6) is 0 Å². The van der Waals surface area contributed by atoms with Crippen molar-refractivity contribution in [3.05, 3.63) is 53.7 Å². The molecule has 0 saturated heterocycles. The van der Waals surface area contributed by atoms with Crippen LogP contribution in [0.4, 0.5) is 0 Å². The Balaban J connectivity index is 2.05. The van der Waals surface area contributed by atoms with Crippen molar-refractivity contribution in [3.63, 3.8) is 0 Å². The summed E-state index contributed by atoms with van der Waals surface area (Å²) in [7, 11) is 0. The predicted molar refractivity (Wildman–Crippen MR) is 77.3 cm³/mol. The van der Waals surface area contributed by atoms with E-state index in [0.29, 0.717) is 11.1 Å². The maximum Gasteiger partial charge on any atom is 0.188 e. The first-order chi connectivity index (χ1) is 9.15. The van der Waals surface area contributed by atoms with E-state index in [1.165, 1.54) is 12.8 Å². The molecule has 0 aliphatic heterocycles. The van der Waals surface area contributed by atoms with Gasteiger partial charge in [0.1, 0.15) is 0 Å². The van der Waals surface area contributed by atoms with E-state index in [2.05, 4.69) is 17.6 Å². The molecule has 19 heavy (non-hydrogen) atoms. The minimum Gasteiger partial charge on any atom is -0.289 e. The summed E-state index contributed by atoms with van der Waals surface area (Å²) in [5, 5.41) is 0.926. The summed E-state index contributed by atoms with van der Waals surface area (Å²) >= 11 is 0. The number of aromatic nitrogens is 1. The summed E-state index contributed by atoms with van der Waals surface area (Å²) in [5.74, 6) is 0.826. The van der Waals surface area contributed by atoms with Gasteiger partial charge in [-0.3, -0.25) is 9.78 Å². The highest BCUT2D eigenvalue weighted by molar-refractivity contribution is 6.15. The SMILES string of the molecule is C=C(C)C(=O)c1cccc2nc(CC3CC3)ccc12. The van der Waals surface area contributed by atoms with Crippen LogP contribution in [-0.2, 0) is 6.42 Å². The van der Waals surface area contributed by atoms with Gasteiger partial charge in [0.2, 0.25) is 0 Å². The van der Waals surface area contributed by atoms with Gasteiger partial charge in [0.25, 0.3) is 0 Å². The van der Waals surface area contributed by atoms with Crippen LogP contribution in [-0.4, -0.2) is 10.8 Å². The zero-order valence-corrected chi connectivity index (χ0v) is 11.1. The zero-order valence-electron chi connectivity index (χ0n) is 11.1. The topological polar surface area (TPSA) is 30.0 Å². The number of benzene rings is 1. The van der Waals surface area contributed by atoms with Crippen LogP contribution in [0.1, 0.15) is 35.8 Å². The molecule has 2 nitrogen and oxygen atoms in total. The third-order valence-electron chi connectivity index (χ3n) is 3.62. The molecule has 0 amide bonds. The number of rotatable bonds is 4. The molecule has 1 aliphatic rings. The molecular weight excluding hydrogens is 234 g/mol. The fourth-order valence-corrected chi connectivity index (χ4v) is 2.36. The van der Waals surface area contributed by atoms with E-state index in [-0.39, 0.29) is 5.78 Å². The van der Waals surface area contributed by atoms with Crippen LogP contribution >= 0.6 is 0 Å². The van der Waals surface area contributed by atoms with Gasteiger partial charge in [-0.2, -0.15) is 0 Å². The average Bonchev–Trinajstić information content (AvgIpc) is 3.20. The molecule has 2 aromatic rings. The quantitative estimate of drug-likeness (QED) is 0.608. The van der Waals surface area contributed by atoms with Crippen molar-refractivity contribution in [1.29, 1.82) is 0 Å². The lowest BCUT2D eigenvalue weighted by molar-refractivity contribution is 0.103. The van der Waals surface area contributed by atoms with Crippen molar-refractivity contribution in [1.82, 2.24) is 4.98 Å². The highest BCUT2D eigenvalue weighted by atomic mass is 16.1. The lowest BCUT2D eigenvalue weighted by Crippen LogP contribution is -2.01. The van der Waals surface area contributed by atoms with Crippen LogP contribution < -0.4 is 0 Å². The standard InChI is InChI=1S/C17H17NO/c1-11(2)17(19)15-4-3-5-16-14(15)9-8-13(18-16)10-12-6-7-12/h3-5,8-9,12H,1,6-7,10H2,2H3. The number of allylic oxidation sites excluding steroid dienone is 1. The largest absolute Gasteiger partial charge is 0.289 e. The fraction of sp³-hybridized carbons (Fsp3) is 0.294. The van der Waals surface area contributed by atoms with Gasteiger partial charge in [0.05, 0.1) is 5.52 Å². The Morgan fingerprint density at radius 3 is 2.79 bits per heavy atom. The molecule has 1 aromatic carbocycles. The van der Waals surface area contributed by atoms with Crippen LogP contribution in [0.2, 0.25) is 0 Å². The van der Waals surface area contributed by atoms with Gasteiger partial charge in [-0.05, 0) is 49.8 Å². The van der Waals surface area contributed by atoms with E-state index < -0.39 is 0 Å². The number of Topliss-reactive ketones (excluding diaryl/α,β-unsaturated/α-hetero) is 1. The molecule has 1 heterocycles. The van der Waals surface area contributed by atoms with E-state index in [4.69, 9.17) is 0 Å². The molecular formula is C17H17NO. The number of carbonyl (C=O) groups excluding carboxylic acids is 1. The Bertz CT molecular complexity index is 668. The van der Waals surface area contributed by atoms with Crippen molar-refractivity contribution in [2.24, 2.45) is 5.92 Å². The van der Waals surface area contributed by atoms with Crippen molar-refractivity contribution in [2.75, 3.05) is 0 Å². The number of fused-ring (bicyclic) bond motifs is 1. The normalized spacial score (nSPS) is 14.6. The van der Waals surface area contributed by atoms with Gasteiger partial charge in [0, 0.05) is 16.6 Å². The molecule has 1 fully saturated rings. The molecule has 1 aliphatic carbocycles. The lowest BCUT2D eigenvalue weighted by atomic mass is 10.0. The summed E-state index contributed by atoms with van der Waals surface area (Å²) in [4.78, 5) is 16.8. The number of pyridine rings is 1. The Morgan fingerprint density at radius 1 is 1.32 bits per heavy atom. The molecule has 3 rings (SSSR count). The monoisotopic (exact) mass is 251 g/mol. The lowest BCUT2D eigenvalue weighted by Gasteiger charge is -2.07. The molecule has 2 heteroatoms. The third kappa shape index (κ3) is 2.43. The fourth-order valence-electron chi connectivity index (χ4n) is 2.36. The number of carbonyl (C=O) groups is 1. The first-order valence-electron chi connectivity index (χ1n) is 6.74. The maximum atomic E-state index is 12.1. The van der Waals surface area contributed by atoms with Gasteiger partial charge in [-0.1, -0.05) is 24.8 Å². The Kier molecular flexibility index (Phi) is 2.94. The number of nitrogens with zero attached hydrogens (tertiary/aromatic N) is 1. The second-order valence-corrected chi connectivity index (χ2v) is 5.43. The summed E-state index contributed by atoms with van der Waals surface area (Å²) in [6, 6.07) is 9.79. The molecule has 0 bridgehead atoms. The maximum absolute atomic E-state index is 12.1. The van der Waals surface area contributed by atoms with Crippen LogP contribution in [0.3, 0.4) is 0 Å². The van der Waals surface area contributed by atoms with Crippen LogP contribution in [0.25, 0.3) is 10.9 Å². The first-order valence-corrected chi connectivity index (χ1v) is 6.74. The molecule has 0 radical (unpaired) electrons. The summed E-state index contributed by atoms with van der Waals surface area (Å²) in [6.45, 7) is 5.48. The van der Waals surface area contributed by atoms with E-state index in [0.717, 1.165) is 28.9 Å². The molecule has 0 spiro atoms. The van der Waals surface area contributed by atoms with E-state index in [9.17, 15) is 4.79 Å². The summed E-state index contributed by atoms with van der Waals surface area (Å²) in [5.41, 5.74) is 3.31. The average molecular weight is 251 g/mol. The Hall–Kier alpha value is -1.96. The van der Waals surface area contributed by atoms with Gasteiger partial charge < -0.3 is 0 Å². The number of hydrogen-bond acceptors (Lipinski definition) is 2. The third-order valence-corrected chi connectivity index (χ3v) is 3.62. The van der Waals surface area contributed by atoms with E-state index in [1.54, 1.807) is 6.92 Å². The highest BCUT2D eigenvalue weighted by Crippen LogP contribution is 2.32. The van der Waals surface area contributed by atoms with Crippen molar-refractivity contribution >= 4 is 16.7 Å². The van der Waals surface area contributed by atoms with Crippen molar-refractivity contribution in [3.8, 4) is 0 Å². The second-order valence-electron chi connectivity index (χ2n) is 5.43. The Morgan fingerprint density at radius 2 is 2.11 bits per heavy atom. The van der Waals surface area contributed by atoms with Crippen molar-refractivity contribution in [2.45, 2.75) is 26.2 Å². The summed E-state index contributed by atoms with van der Waals surface area (Å²) < 4.78 is 0. The highest BCUT2D eigenvalue weighted by Gasteiger charge is 2.22. The van der Waals surface area contributed by atoms with Gasteiger partial charge in [-0.25, -0.2) is 0 Å². The smallest absolute Gasteiger partial charge is 0.188 e. The second kappa shape index (κ2) is 4.61.